The lowest BCUT2D eigenvalue weighted by Crippen LogP contribution is -2.37. The molecule has 210 valence electrons. The zero-order valence-electron chi connectivity index (χ0n) is 21.0. The number of esters is 1. The van der Waals surface area contributed by atoms with Crippen LogP contribution in [0.25, 0.3) is 16.7 Å². The van der Waals surface area contributed by atoms with Gasteiger partial charge in [0.25, 0.3) is 0 Å². The van der Waals surface area contributed by atoms with Crippen molar-refractivity contribution >= 4 is 28.7 Å². The first kappa shape index (κ1) is 28.2. The topological polar surface area (TPSA) is 147 Å². The first-order valence-corrected chi connectivity index (χ1v) is 12.0. The van der Waals surface area contributed by atoms with Crippen molar-refractivity contribution in [3.8, 4) is 5.69 Å². The number of aliphatic hydroxyl groups excluding tert-OH is 1. The van der Waals surface area contributed by atoms with Gasteiger partial charge in [-0.2, -0.15) is 13.2 Å². The average molecular weight is 560 g/mol. The number of benzene rings is 2. The van der Waals surface area contributed by atoms with Gasteiger partial charge in [-0.25, -0.2) is 9.59 Å². The van der Waals surface area contributed by atoms with E-state index in [0.717, 1.165) is 16.7 Å². The number of nitrogens with one attached hydrogen (secondary N) is 3. The van der Waals surface area contributed by atoms with Crippen molar-refractivity contribution < 1.29 is 32.6 Å². The van der Waals surface area contributed by atoms with E-state index in [1.807, 2.05) is 0 Å². The average Bonchev–Trinajstić information content (AvgIpc) is 3.38. The Balaban J connectivity index is 1.55. The molecule has 4 rings (SSSR count). The molecule has 2 aromatic carbocycles. The number of hydrogen-bond acceptors (Lipinski definition) is 6. The van der Waals surface area contributed by atoms with Crippen LogP contribution in [0.4, 0.5) is 23.7 Å². The normalized spacial score (nSPS) is 11.4. The molecule has 0 atom stereocenters. The maximum Gasteiger partial charge on any atom is 0.418 e. The molecule has 0 unspecified atom stereocenters. The van der Waals surface area contributed by atoms with Gasteiger partial charge in [0.1, 0.15) is 0 Å². The third-order valence-corrected chi connectivity index (χ3v) is 5.86. The van der Waals surface area contributed by atoms with Crippen molar-refractivity contribution in [1.82, 2.24) is 19.4 Å². The summed E-state index contributed by atoms with van der Waals surface area (Å²) in [6, 6.07) is 8.78. The van der Waals surface area contributed by atoms with Crippen LogP contribution in [0.3, 0.4) is 0 Å². The Morgan fingerprint density at radius 3 is 2.48 bits per heavy atom. The minimum atomic E-state index is -4.80. The summed E-state index contributed by atoms with van der Waals surface area (Å²) in [6.45, 7) is 1.09. The van der Waals surface area contributed by atoms with E-state index >= 15 is 0 Å². The number of nitrogens with zero attached hydrogens (tertiary/aromatic N) is 2. The minimum Gasteiger partial charge on any atom is -0.462 e. The zero-order valence-corrected chi connectivity index (χ0v) is 21.0. The highest BCUT2D eigenvalue weighted by atomic mass is 19.4. The standard InChI is InChI=1S/C26H24F3N5O6/c1-2-40-24(38)16-3-5-17(6-4-16)31-25(39)30-13-15-7-8-33(14-15)20-12-21-19(11-18(20)26(27,28)29)32-22(36)23(37)34(21)9-10-35/h3-8,11-12,14,35H,2,9-10,13H2,1H3,(H,32,36)(H2,30,31,39). The van der Waals surface area contributed by atoms with Crippen LogP contribution in [-0.2, 0) is 24.0 Å². The van der Waals surface area contributed by atoms with Gasteiger partial charge < -0.3 is 30.0 Å². The Bertz CT molecular complexity index is 1670. The summed E-state index contributed by atoms with van der Waals surface area (Å²) in [4.78, 5) is 50.4. The molecule has 2 aromatic heterocycles. The highest BCUT2D eigenvalue weighted by Gasteiger charge is 2.35. The Labute approximate surface area is 223 Å². The molecule has 0 saturated heterocycles. The third-order valence-electron chi connectivity index (χ3n) is 5.86. The van der Waals surface area contributed by atoms with Crippen molar-refractivity contribution in [2.24, 2.45) is 0 Å². The largest absolute Gasteiger partial charge is 0.462 e. The first-order chi connectivity index (χ1) is 19.0. The first-order valence-electron chi connectivity index (χ1n) is 12.0. The van der Waals surface area contributed by atoms with Gasteiger partial charge in [0.05, 0.1) is 41.1 Å². The number of aliphatic hydroxyl groups is 1. The van der Waals surface area contributed by atoms with Gasteiger partial charge in [-0.15, -0.1) is 0 Å². The lowest BCUT2D eigenvalue weighted by molar-refractivity contribution is -0.137. The van der Waals surface area contributed by atoms with Crippen LogP contribution in [0.2, 0.25) is 0 Å². The molecule has 0 aliphatic carbocycles. The van der Waals surface area contributed by atoms with Crippen LogP contribution in [0.5, 0.6) is 0 Å². The molecular weight excluding hydrogens is 535 g/mol. The fraction of sp³-hybridized carbons (Fsp3) is 0.231. The molecule has 0 spiro atoms. The van der Waals surface area contributed by atoms with Gasteiger partial charge in [0.2, 0.25) is 0 Å². The van der Waals surface area contributed by atoms with E-state index in [2.05, 4.69) is 15.6 Å². The number of halogens is 3. The Hall–Kier alpha value is -4.85. The molecule has 0 fully saturated rings. The maximum atomic E-state index is 14.0. The number of carbonyl (C=O) groups excluding carboxylic acids is 2. The van der Waals surface area contributed by atoms with Crippen LogP contribution in [-0.4, -0.2) is 44.4 Å². The Morgan fingerprint density at radius 2 is 1.82 bits per heavy atom. The Morgan fingerprint density at radius 1 is 1.10 bits per heavy atom. The number of H-pyrrole nitrogens is 1. The number of rotatable bonds is 8. The molecule has 2 heterocycles. The number of urea groups is 1. The van der Waals surface area contributed by atoms with E-state index in [0.29, 0.717) is 16.8 Å². The van der Waals surface area contributed by atoms with Crippen molar-refractivity contribution in [1.29, 1.82) is 0 Å². The van der Waals surface area contributed by atoms with Crippen molar-refractivity contribution in [2.45, 2.75) is 26.2 Å². The summed E-state index contributed by atoms with van der Waals surface area (Å²) in [5, 5.41) is 14.5. The fourth-order valence-corrected chi connectivity index (χ4v) is 4.03. The summed E-state index contributed by atoms with van der Waals surface area (Å²) in [6.07, 6.45) is -2.06. The fourth-order valence-electron chi connectivity index (χ4n) is 4.03. The van der Waals surface area contributed by atoms with E-state index in [4.69, 9.17) is 4.74 Å². The molecule has 4 N–H and O–H groups in total. The second-order valence-corrected chi connectivity index (χ2v) is 8.55. The van der Waals surface area contributed by atoms with Crippen LogP contribution >= 0.6 is 0 Å². The van der Waals surface area contributed by atoms with Crippen molar-refractivity contribution in [3.63, 3.8) is 0 Å². The van der Waals surface area contributed by atoms with E-state index in [-0.39, 0.29) is 36.4 Å². The molecule has 40 heavy (non-hydrogen) atoms. The predicted molar refractivity (Wildman–Crippen MR) is 139 cm³/mol. The highest BCUT2D eigenvalue weighted by Crippen LogP contribution is 2.36. The van der Waals surface area contributed by atoms with Gasteiger partial charge in [0.15, 0.2) is 0 Å². The van der Waals surface area contributed by atoms with Crippen LogP contribution in [0.15, 0.2) is 64.4 Å². The number of aromatic nitrogens is 3. The number of ether oxygens (including phenoxy) is 1. The second-order valence-electron chi connectivity index (χ2n) is 8.55. The summed E-state index contributed by atoms with van der Waals surface area (Å²) in [7, 11) is 0. The zero-order chi connectivity index (χ0) is 29.0. The highest BCUT2D eigenvalue weighted by molar-refractivity contribution is 5.92. The molecule has 0 saturated carbocycles. The quantitative estimate of drug-likeness (QED) is 0.193. The summed E-state index contributed by atoms with van der Waals surface area (Å²) >= 11 is 0. The van der Waals surface area contributed by atoms with Crippen molar-refractivity contribution in [2.75, 3.05) is 18.5 Å². The Kier molecular flexibility index (Phi) is 8.09. The predicted octanol–water partition coefficient (Wildman–Crippen LogP) is 2.99. The summed E-state index contributed by atoms with van der Waals surface area (Å²) < 4.78 is 48.9. The van der Waals surface area contributed by atoms with Crippen LogP contribution in [0.1, 0.15) is 28.4 Å². The minimum absolute atomic E-state index is 0.00313. The van der Waals surface area contributed by atoms with Gasteiger partial charge in [-0.05, 0) is 55.0 Å². The number of aromatic amines is 1. The molecule has 0 aliphatic heterocycles. The second kappa shape index (κ2) is 11.5. The molecule has 14 heteroatoms. The van der Waals surface area contributed by atoms with Gasteiger partial charge in [-0.1, -0.05) is 0 Å². The van der Waals surface area contributed by atoms with E-state index in [9.17, 15) is 37.5 Å². The molecular formula is C26H24F3N5O6. The maximum absolute atomic E-state index is 14.0. The number of amides is 2. The number of fused-ring (bicyclic) bond motifs is 1. The number of anilines is 1. The van der Waals surface area contributed by atoms with E-state index in [1.54, 1.807) is 6.92 Å². The monoisotopic (exact) mass is 559 g/mol. The molecule has 0 radical (unpaired) electrons. The van der Waals surface area contributed by atoms with E-state index in [1.165, 1.54) is 47.3 Å². The lowest BCUT2D eigenvalue weighted by Gasteiger charge is -2.17. The molecule has 0 aliphatic rings. The molecule has 2 amide bonds. The molecule has 11 nitrogen and oxygen atoms in total. The van der Waals surface area contributed by atoms with E-state index < -0.39 is 41.5 Å². The van der Waals surface area contributed by atoms with Gasteiger partial charge >= 0.3 is 29.3 Å². The smallest absolute Gasteiger partial charge is 0.418 e. The number of carbonyl (C=O) groups is 2. The lowest BCUT2D eigenvalue weighted by atomic mass is 10.1. The molecule has 0 bridgehead atoms. The van der Waals surface area contributed by atoms with Gasteiger partial charge in [0, 0.05) is 31.2 Å². The number of hydrogen-bond donors (Lipinski definition) is 4. The van der Waals surface area contributed by atoms with Crippen LogP contribution < -0.4 is 21.8 Å². The SMILES string of the molecule is CCOC(=O)c1ccc(NC(=O)NCc2ccn(-c3cc4c(cc3C(F)(F)F)[nH]c(=O)c(=O)n4CCO)c2)cc1. The molecule has 4 aromatic rings. The van der Waals surface area contributed by atoms with Gasteiger partial charge in [-0.3, -0.25) is 14.2 Å². The number of alkyl halides is 3. The summed E-state index contributed by atoms with van der Waals surface area (Å²) in [5.41, 5.74) is -2.52. The van der Waals surface area contributed by atoms with Crippen LogP contribution in [0, 0.1) is 0 Å². The van der Waals surface area contributed by atoms with Crippen molar-refractivity contribution in [3.05, 3.63) is 92.3 Å². The third kappa shape index (κ3) is 6.07. The summed E-state index contributed by atoms with van der Waals surface area (Å²) in [5.74, 6) is -0.493.